The number of hydrogen-bond acceptors (Lipinski definition) is 5. The number of ether oxygens (including phenoxy) is 2. The number of nitrogens with zero attached hydrogens (tertiary/aromatic N) is 1. The normalized spacial score (nSPS) is 10.7. The van der Waals surface area contributed by atoms with Crippen LogP contribution in [0.1, 0.15) is 5.56 Å². The van der Waals surface area contributed by atoms with Crippen molar-refractivity contribution in [1.82, 2.24) is 9.97 Å². The van der Waals surface area contributed by atoms with E-state index < -0.39 is 11.2 Å². The Hall–Kier alpha value is -3.22. The van der Waals surface area contributed by atoms with Crippen LogP contribution in [0, 0.1) is 0 Å². The molecule has 3 aromatic rings. The summed E-state index contributed by atoms with van der Waals surface area (Å²) in [6, 6.07) is 11.1. The van der Waals surface area contributed by atoms with Crippen LogP contribution in [0.15, 0.2) is 46.0 Å². The number of fused-ring (bicyclic) bond motifs is 1. The van der Waals surface area contributed by atoms with E-state index in [1.54, 1.807) is 12.1 Å². The van der Waals surface area contributed by atoms with Gasteiger partial charge in [-0.1, -0.05) is 12.1 Å². The molecule has 2 aromatic carbocycles. The second kappa shape index (κ2) is 6.72. The molecule has 0 fully saturated rings. The minimum atomic E-state index is -0.561. The van der Waals surface area contributed by atoms with Crippen molar-refractivity contribution in [2.45, 2.75) is 6.61 Å². The topological polar surface area (TPSA) is 87.4 Å². The molecule has 7 nitrogen and oxygen atoms in total. The average molecular weight is 341 g/mol. The van der Waals surface area contributed by atoms with E-state index in [1.165, 1.54) is 7.11 Å². The third-order valence-corrected chi connectivity index (χ3v) is 3.87. The first-order chi connectivity index (χ1) is 12.0. The average Bonchev–Trinajstić information content (AvgIpc) is 2.59. The SMILES string of the molecule is COc1cc2[nH]c(=O)[nH]c(=O)c2cc1OCc1ccc(N(C)C)cc1. The van der Waals surface area contributed by atoms with Crippen LogP contribution < -0.4 is 25.6 Å². The number of aromatic amines is 2. The van der Waals surface area contributed by atoms with Gasteiger partial charge in [-0.25, -0.2) is 4.79 Å². The highest BCUT2D eigenvalue weighted by Crippen LogP contribution is 2.30. The molecule has 0 spiro atoms. The summed E-state index contributed by atoms with van der Waals surface area (Å²) >= 11 is 0. The standard InChI is InChI=1S/C18H19N3O4/c1-21(2)12-6-4-11(5-7-12)10-25-16-8-13-14(9-15(16)24-3)19-18(23)20-17(13)22/h4-9H,10H2,1-3H3,(H2,19,20,22,23). The molecule has 1 aromatic heterocycles. The van der Waals surface area contributed by atoms with Crippen molar-refractivity contribution in [3.8, 4) is 11.5 Å². The van der Waals surface area contributed by atoms with Crippen LogP contribution in [0.25, 0.3) is 10.9 Å². The highest BCUT2D eigenvalue weighted by molar-refractivity contribution is 5.81. The lowest BCUT2D eigenvalue weighted by Crippen LogP contribution is -2.21. The van der Waals surface area contributed by atoms with E-state index >= 15 is 0 Å². The molecule has 2 N–H and O–H groups in total. The molecule has 0 saturated carbocycles. The van der Waals surface area contributed by atoms with E-state index in [1.807, 2.05) is 43.3 Å². The molecule has 0 radical (unpaired) electrons. The Morgan fingerprint density at radius 3 is 2.36 bits per heavy atom. The van der Waals surface area contributed by atoms with Crippen LogP contribution in [-0.2, 0) is 6.61 Å². The minimum Gasteiger partial charge on any atom is -0.493 e. The molecule has 0 bridgehead atoms. The molecule has 3 rings (SSSR count). The van der Waals surface area contributed by atoms with E-state index in [0.29, 0.717) is 29.0 Å². The quantitative estimate of drug-likeness (QED) is 0.740. The molecule has 0 unspecified atom stereocenters. The number of methoxy groups -OCH3 is 1. The summed E-state index contributed by atoms with van der Waals surface area (Å²) in [5, 5.41) is 0.332. The molecule has 0 aliphatic carbocycles. The Labute approximate surface area is 143 Å². The number of H-pyrrole nitrogens is 2. The van der Waals surface area contributed by atoms with Gasteiger partial charge >= 0.3 is 5.69 Å². The number of rotatable bonds is 5. The number of nitrogens with one attached hydrogen (secondary N) is 2. The van der Waals surface area contributed by atoms with Crippen molar-refractivity contribution >= 4 is 16.6 Å². The summed E-state index contributed by atoms with van der Waals surface area (Å²) in [4.78, 5) is 30.1. The second-order valence-electron chi connectivity index (χ2n) is 5.81. The van der Waals surface area contributed by atoms with Gasteiger partial charge in [0, 0.05) is 25.8 Å². The molecule has 0 amide bonds. The number of anilines is 1. The Morgan fingerprint density at radius 2 is 1.72 bits per heavy atom. The molecule has 0 aliphatic heterocycles. The van der Waals surface area contributed by atoms with Crippen LogP contribution in [0.4, 0.5) is 5.69 Å². The molecule has 0 atom stereocenters. The van der Waals surface area contributed by atoms with Crippen LogP contribution in [-0.4, -0.2) is 31.2 Å². The lowest BCUT2D eigenvalue weighted by Gasteiger charge is -2.14. The Kier molecular flexibility index (Phi) is 4.47. The Balaban J connectivity index is 1.90. The van der Waals surface area contributed by atoms with Gasteiger partial charge in [0.15, 0.2) is 11.5 Å². The second-order valence-corrected chi connectivity index (χ2v) is 5.81. The maximum absolute atomic E-state index is 12.0. The van der Waals surface area contributed by atoms with E-state index in [-0.39, 0.29) is 0 Å². The third kappa shape index (κ3) is 3.50. The van der Waals surface area contributed by atoms with Gasteiger partial charge in [-0.15, -0.1) is 0 Å². The Morgan fingerprint density at radius 1 is 1.00 bits per heavy atom. The molecule has 25 heavy (non-hydrogen) atoms. The predicted molar refractivity (Wildman–Crippen MR) is 96.8 cm³/mol. The predicted octanol–water partition coefficient (Wildman–Crippen LogP) is 1.87. The van der Waals surface area contributed by atoms with Gasteiger partial charge in [-0.3, -0.25) is 9.78 Å². The van der Waals surface area contributed by atoms with Crippen LogP contribution >= 0.6 is 0 Å². The van der Waals surface area contributed by atoms with Gasteiger partial charge in [-0.2, -0.15) is 0 Å². The van der Waals surface area contributed by atoms with Crippen molar-refractivity contribution in [3.05, 3.63) is 62.8 Å². The maximum atomic E-state index is 12.0. The summed E-state index contributed by atoms with van der Waals surface area (Å²) < 4.78 is 11.1. The van der Waals surface area contributed by atoms with Gasteiger partial charge in [-0.05, 0) is 23.8 Å². The zero-order valence-electron chi connectivity index (χ0n) is 14.3. The van der Waals surface area contributed by atoms with E-state index in [2.05, 4.69) is 9.97 Å². The summed E-state index contributed by atoms with van der Waals surface area (Å²) in [6.07, 6.45) is 0. The maximum Gasteiger partial charge on any atom is 0.326 e. The van der Waals surface area contributed by atoms with Gasteiger partial charge in [0.1, 0.15) is 6.61 Å². The summed E-state index contributed by atoms with van der Waals surface area (Å²) in [7, 11) is 5.46. The fourth-order valence-electron chi connectivity index (χ4n) is 2.50. The molecule has 0 aliphatic rings. The first-order valence-electron chi connectivity index (χ1n) is 7.71. The van der Waals surface area contributed by atoms with Crippen molar-refractivity contribution in [2.75, 3.05) is 26.1 Å². The van der Waals surface area contributed by atoms with Crippen LogP contribution in [0.5, 0.6) is 11.5 Å². The summed E-state index contributed by atoms with van der Waals surface area (Å²) in [5.41, 5.74) is 1.45. The molecule has 1 heterocycles. The smallest absolute Gasteiger partial charge is 0.326 e. The van der Waals surface area contributed by atoms with Crippen molar-refractivity contribution in [1.29, 1.82) is 0 Å². The number of aromatic nitrogens is 2. The fourth-order valence-corrected chi connectivity index (χ4v) is 2.50. The largest absolute Gasteiger partial charge is 0.493 e. The first-order valence-corrected chi connectivity index (χ1v) is 7.71. The van der Waals surface area contributed by atoms with E-state index in [4.69, 9.17) is 9.47 Å². The van der Waals surface area contributed by atoms with Gasteiger partial charge in [0.25, 0.3) is 5.56 Å². The van der Waals surface area contributed by atoms with Crippen LogP contribution in [0.2, 0.25) is 0 Å². The zero-order valence-corrected chi connectivity index (χ0v) is 14.3. The Bertz CT molecular complexity index is 1000. The zero-order chi connectivity index (χ0) is 18.0. The van der Waals surface area contributed by atoms with Crippen molar-refractivity contribution in [3.63, 3.8) is 0 Å². The summed E-state index contributed by atoms with van der Waals surface area (Å²) in [5.74, 6) is 0.878. The molecular weight excluding hydrogens is 322 g/mol. The number of benzene rings is 2. The van der Waals surface area contributed by atoms with Crippen LogP contribution in [0.3, 0.4) is 0 Å². The molecule has 0 saturated heterocycles. The highest BCUT2D eigenvalue weighted by atomic mass is 16.5. The monoisotopic (exact) mass is 341 g/mol. The van der Waals surface area contributed by atoms with Crippen molar-refractivity contribution < 1.29 is 9.47 Å². The number of hydrogen-bond donors (Lipinski definition) is 2. The third-order valence-electron chi connectivity index (χ3n) is 3.87. The lowest BCUT2D eigenvalue weighted by molar-refractivity contribution is 0.285. The molecular formula is C18H19N3O4. The molecule has 130 valence electrons. The van der Waals surface area contributed by atoms with E-state index in [9.17, 15) is 9.59 Å². The minimum absolute atomic E-state index is 0.330. The lowest BCUT2D eigenvalue weighted by atomic mass is 10.2. The highest BCUT2D eigenvalue weighted by Gasteiger charge is 2.10. The molecule has 7 heteroatoms. The van der Waals surface area contributed by atoms with E-state index in [0.717, 1.165) is 11.3 Å². The fraction of sp³-hybridized carbons (Fsp3) is 0.222. The van der Waals surface area contributed by atoms with Crippen molar-refractivity contribution in [2.24, 2.45) is 0 Å². The van der Waals surface area contributed by atoms with Gasteiger partial charge < -0.3 is 19.4 Å². The summed E-state index contributed by atoms with van der Waals surface area (Å²) in [6.45, 7) is 0.330. The first kappa shape index (κ1) is 16.6. The van der Waals surface area contributed by atoms with Gasteiger partial charge in [0.05, 0.1) is 18.0 Å². The van der Waals surface area contributed by atoms with Gasteiger partial charge in [0.2, 0.25) is 0 Å².